The third-order valence-corrected chi connectivity index (χ3v) is 3.21. The molecule has 0 saturated carbocycles. The van der Waals surface area contributed by atoms with E-state index in [1.807, 2.05) is 19.1 Å². The van der Waals surface area contributed by atoms with Gasteiger partial charge in [-0.2, -0.15) is 0 Å². The molecule has 2 rings (SSSR count). The zero-order chi connectivity index (χ0) is 10.7. The standard InChI is InChI=1S/C13H18FN/c1-10-8-12(2-3-13(10)14)9-11-4-6-15-7-5-11/h2-3,8,11,15H,4-7,9H2,1H3. The van der Waals surface area contributed by atoms with E-state index in [0.29, 0.717) is 0 Å². The van der Waals surface area contributed by atoms with Crippen molar-refractivity contribution in [2.24, 2.45) is 5.92 Å². The fourth-order valence-corrected chi connectivity index (χ4v) is 2.25. The average molecular weight is 207 g/mol. The van der Waals surface area contributed by atoms with Crippen molar-refractivity contribution in [3.05, 3.63) is 35.1 Å². The maximum atomic E-state index is 13.1. The minimum atomic E-state index is -0.0935. The van der Waals surface area contributed by atoms with Gasteiger partial charge < -0.3 is 5.32 Å². The number of nitrogens with one attached hydrogen (secondary N) is 1. The Labute approximate surface area is 90.7 Å². The van der Waals surface area contributed by atoms with Crippen LogP contribution in [-0.4, -0.2) is 13.1 Å². The van der Waals surface area contributed by atoms with Crippen LogP contribution >= 0.6 is 0 Å². The Bertz CT molecular complexity index is 329. The van der Waals surface area contributed by atoms with E-state index < -0.39 is 0 Å². The molecule has 0 atom stereocenters. The lowest BCUT2D eigenvalue weighted by molar-refractivity contribution is 0.372. The van der Waals surface area contributed by atoms with Crippen LogP contribution in [0.1, 0.15) is 24.0 Å². The van der Waals surface area contributed by atoms with Crippen molar-refractivity contribution in [1.82, 2.24) is 5.32 Å². The van der Waals surface area contributed by atoms with Crippen LogP contribution in [0.5, 0.6) is 0 Å². The van der Waals surface area contributed by atoms with Crippen molar-refractivity contribution in [2.45, 2.75) is 26.2 Å². The van der Waals surface area contributed by atoms with Gasteiger partial charge in [0.1, 0.15) is 5.82 Å². The van der Waals surface area contributed by atoms with Gasteiger partial charge >= 0.3 is 0 Å². The highest BCUT2D eigenvalue weighted by atomic mass is 19.1. The smallest absolute Gasteiger partial charge is 0.126 e. The third kappa shape index (κ3) is 2.78. The highest BCUT2D eigenvalue weighted by molar-refractivity contribution is 5.24. The average Bonchev–Trinajstić information content (AvgIpc) is 2.25. The van der Waals surface area contributed by atoms with Crippen molar-refractivity contribution >= 4 is 0 Å². The summed E-state index contributed by atoms with van der Waals surface area (Å²) in [5.41, 5.74) is 2.04. The predicted molar refractivity (Wildman–Crippen MR) is 60.4 cm³/mol. The Morgan fingerprint density at radius 2 is 2.07 bits per heavy atom. The molecule has 15 heavy (non-hydrogen) atoms. The van der Waals surface area contributed by atoms with Gasteiger partial charge in [-0.1, -0.05) is 12.1 Å². The molecule has 1 saturated heterocycles. The van der Waals surface area contributed by atoms with Gasteiger partial charge in [0.25, 0.3) is 0 Å². The molecule has 2 heteroatoms. The first-order valence-corrected chi connectivity index (χ1v) is 5.71. The molecule has 1 fully saturated rings. The van der Waals surface area contributed by atoms with E-state index in [0.717, 1.165) is 31.0 Å². The van der Waals surface area contributed by atoms with Gasteiger partial charge in [0.15, 0.2) is 0 Å². The van der Waals surface area contributed by atoms with Crippen LogP contribution in [0, 0.1) is 18.7 Å². The number of rotatable bonds is 2. The summed E-state index contributed by atoms with van der Waals surface area (Å²) in [5, 5.41) is 3.36. The van der Waals surface area contributed by atoms with E-state index in [9.17, 15) is 4.39 Å². The first-order chi connectivity index (χ1) is 7.25. The molecule has 1 N–H and O–H groups in total. The van der Waals surface area contributed by atoms with Crippen LogP contribution in [0.3, 0.4) is 0 Å². The van der Waals surface area contributed by atoms with Crippen LogP contribution in [0.4, 0.5) is 4.39 Å². The van der Waals surface area contributed by atoms with Gasteiger partial charge in [0, 0.05) is 0 Å². The molecule has 1 aromatic rings. The molecule has 0 amide bonds. The molecule has 0 spiro atoms. The van der Waals surface area contributed by atoms with Crippen LogP contribution < -0.4 is 5.32 Å². The lowest BCUT2D eigenvalue weighted by atomic mass is 9.90. The Morgan fingerprint density at radius 3 is 2.73 bits per heavy atom. The third-order valence-electron chi connectivity index (χ3n) is 3.21. The fraction of sp³-hybridized carbons (Fsp3) is 0.538. The fourth-order valence-electron chi connectivity index (χ4n) is 2.25. The van der Waals surface area contributed by atoms with Crippen molar-refractivity contribution in [3.63, 3.8) is 0 Å². The van der Waals surface area contributed by atoms with Crippen LogP contribution in [-0.2, 0) is 6.42 Å². The highest BCUT2D eigenvalue weighted by Crippen LogP contribution is 2.19. The van der Waals surface area contributed by atoms with Crippen molar-refractivity contribution in [3.8, 4) is 0 Å². The molecule has 1 aromatic carbocycles. The zero-order valence-corrected chi connectivity index (χ0v) is 9.22. The number of hydrogen-bond acceptors (Lipinski definition) is 1. The SMILES string of the molecule is Cc1cc(CC2CCNCC2)ccc1F. The maximum Gasteiger partial charge on any atom is 0.126 e. The van der Waals surface area contributed by atoms with Gasteiger partial charge in [-0.3, -0.25) is 0 Å². The normalized spacial score (nSPS) is 18.0. The number of benzene rings is 1. The highest BCUT2D eigenvalue weighted by Gasteiger charge is 2.13. The molecule has 1 aliphatic rings. The summed E-state index contributed by atoms with van der Waals surface area (Å²) in [6.45, 7) is 4.09. The molecule has 0 aliphatic carbocycles. The summed E-state index contributed by atoms with van der Waals surface area (Å²) in [6.07, 6.45) is 3.59. The molecule has 1 heterocycles. The molecule has 0 unspecified atom stereocenters. The van der Waals surface area contributed by atoms with E-state index in [1.54, 1.807) is 6.07 Å². The number of hydrogen-bond donors (Lipinski definition) is 1. The van der Waals surface area contributed by atoms with Gasteiger partial charge in [-0.25, -0.2) is 4.39 Å². The van der Waals surface area contributed by atoms with E-state index >= 15 is 0 Å². The predicted octanol–water partition coefficient (Wildman–Crippen LogP) is 2.68. The number of halogens is 1. The van der Waals surface area contributed by atoms with Crippen LogP contribution in [0.25, 0.3) is 0 Å². The second kappa shape index (κ2) is 4.75. The molecule has 0 aromatic heterocycles. The zero-order valence-electron chi connectivity index (χ0n) is 9.22. The Hall–Kier alpha value is -0.890. The molecular weight excluding hydrogens is 189 g/mol. The lowest BCUT2D eigenvalue weighted by Crippen LogP contribution is -2.28. The van der Waals surface area contributed by atoms with E-state index in [-0.39, 0.29) is 5.82 Å². The van der Waals surface area contributed by atoms with E-state index in [2.05, 4.69) is 5.32 Å². The second-order valence-corrected chi connectivity index (χ2v) is 4.48. The van der Waals surface area contributed by atoms with E-state index in [1.165, 1.54) is 18.4 Å². The van der Waals surface area contributed by atoms with Crippen molar-refractivity contribution in [2.75, 3.05) is 13.1 Å². The number of piperidine rings is 1. The molecule has 1 aliphatic heterocycles. The Balaban J connectivity index is 2.00. The molecule has 0 radical (unpaired) electrons. The van der Waals surface area contributed by atoms with Crippen LogP contribution in [0.15, 0.2) is 18.2 Å². The molecule has 1 nitrogen and oxygen atoms in total. The first kappa shape index (κ1) is 10.6. The number of aryl methyl sites for hydroxylation is 1. The summed E-state index contributed by atoms with van der Waals surface area (Å²) < 4.78 is 13.1. The summed E-state index contributed by atoms with van der Waals surface area (Å²) in [6, 6.07) is 5.49. The van der Waals surface area contributed by atoms with Gasteiger partial charge in [0.2, 0.25) is 0 Å². The first-order valence-electron chi connectivity index (χ1n) is 5.71. The Morgan fingerprint density at radius 1 is 1.33 bits per heavy atom. The summed E-state index contributed by atoms with van der Waals surface area (Å²) >= 11 is 0. The maximum absolute atomic E-state index is 13.1. The monoisotopic (exact) mass is 207 g/mol. The summed E-state index contributed by atoms with van der Waals surface area (Å²) in [7, 11) is 0. The topological polar surface area (TPSA) is 12.0 Å². The largest absolute Gasteiger partial charge is 0.317 e. The molecule has 0 bridgehead atoms. The van der Waals surface area contributed by atoms with Crippen molar-refractivity contribution < 1.29 is 4.39 Å². The van der Waals surface area contributed by atoms with Crippen molar-refractivity contribution in [1.29, 1.82) is 0 Å². The lowest BCUT2D eigenvalue weighted by Gasteiger charge is -2.22. The van der Waals surface area contributed by atoms with Gasteiger partial charge in [-0.05, 0) is 62.4 Å². The summed E-state index contributed by atoms with van der Waals surface area (Å²) in [5.74, 6) is 0.681. The quantitative estimate of drug-likeness (QED) is 0.786. The molecular formula is C13H18FN. The second-order valence-electron chi connectivity index (χ2n) is 4.48. The van der Waals surface area contributed by atoms with Crippen LogP contribution in [0.2, 0.25) is 0 Å². The summed E-state index contributed by atoms with van der Waals surface area (Å²) in [4.78, 5) is 0. The Kier molecular flexibility index (Phi) is 3.37. The minimum Gasteiger partial charge on any atom is -0.317 e. The van der Waals surface area contributed by atoms with E-state index in [4.69, 9.17) is 0 Å². The minimum absolute atomic E-state index is 0.0935. The molecule has 82 valence electrons. The van der Waals surface area contributed by atoms with Gasteiger partial charge in [0.05, 0.1) is 0 Å². The van der Waals surface area contributed by atoms with Gasteiger partial charge in [-0.15, -0.1) is 0 Å².